The molecule has 1 aliphatic rings. The van der Waals surface area contributed by atoms with E-state index in [0.717, 1.165) is 47.6 Å². The molecule has 26 heavy (non-hydrogen) atoms. The number of nitrogens with zero attached hydrogens (tertiary/aromatic N) is 5. The van der Waals surface area contributed by atoms with Crippen molar-refractivity contribution in [3.63, 3.8) is 0 Å². The van der Waals surface area contributed by atoms with E-state index in [2.05, 4.69) is 30.4 Å². The summed E-state index contributed by atoms with van der Waals surface area (Å²) in [5.41, 5.74) is 8.56. The van der Waals surface area contributed by atoms with Gasteiger partial charge >= 0.3 is 0 Å². The molecule has 0 aliphatic heterocycles. The SMILES string of the molecule is COCCn1c(CNCc2ccc3nonc3c2)nnc1C1CC(N)C1. The van der Waals surface area contributed by atoms with Crippen LogP contribution in [0.2, 0.25) is 0 Å². The Morgan fingerprint density at radius 2 is 2.08 bits per heavy atom. The Balaban J connectivity index is 1.41. The first-order valence-corrected chi connectivity index (χ1v) is 8.83. The van der Waals surface area contributed by atoms with Gasteiger partial charge in [-0.2, -0.15) is 0 Å². The van der Waals surface area contributed by atoms with Crippen molar-refractivity contribution in [2.24, 2.45) is 5.73 Å². The van der Waals surface area contributed by atoms with Gasteiger partial charge in [0.05, 0.1) is 13.2 Å². The van der Waals surface area contributed by atoms with Gasteiger partial charge < -0.3 is 20.4 Å². The van der Waals surface area contributed by atoms with Gasteiger partial charge in [-0.3, -0.25) is 0 Å². The topological polar surface area (TPSA) is 117 Å². The van der Waals surface area contributed by atoms with Crippen LogP contribution < -0.4 is 11.1 Å². The number of benzene rings is 1. The molecule has 3 aromatic rings. The molecule has 3 N–H and O–H groups in total. The van der Waals surface area contributed by atoms with Crippen LogP contribution in [0.1, 0.15) is 36.0 Å². The number of aromatic nitrogens is 5. The maximum Gasteiger partial charge on any atom is 0.147 e. The highest BCUT2D eigenvalue weighted by atomic mass is 16.6. The molecule has 1 aromatic carbocycles. The van der Waals surface area contributed by atoms with E-state index in [1.54, 1.807) is 7.11 Å². The zero-order chi connectivity index (χ0) is 17.9. The molecule has 1 aliphatic carbocycles. The maximum atomic E-state index is 5.93. The lowest BCUT2D eigenvalue weighted by atomic mass is 9.80. The van der Waals surface area contributed by atoms with Gasteiger partial charge in [0.1, 0.15) is 22.7 Å². The van der Waals surface area contributed by atoms with Crippen LogP contribution >= 0.6 is 0 Å². The smallest absolute Gasteiger partial charge is 0.147 e. The summed E-state index contributed by atoms with van der Waals surface area (Å²) in [6.45, 7) is 2.71. The predicted octanol–water partition coefficient (Wildman–Crippen LogP) is 0.955. The molecule has 2 aromatic heterocycles. The van der Waals surface area contributed by atoms with Gasteiger partial charge in [0.2, 0.25) is 0 Å². The highest BCUT2D eigenvalue weighted by Crippen LogP contribution is 2.34. The number of nitrogens with two attached hydrogens (primary N) is 1. The Kier molecular flexibility index (Phi) is 4.91. The minimum absolute atomic E-state index is 0.287. The average molecular weight is 357 g/mol. The van der Waals surface area contributed by atoms with Gasteiger partial charge in [-0.15, -0.1) is 10.2 Å². The van der Waals surface area contributed by atoms with Crippen molar-refractivity contribution in [1.29, 1.82) is 0 Å². The van der Waals surface area contributed by atoms with E-state index in [1.165, 1.54) is 0 Å². The number of rotatable bonds is 8. The third-order valence-corrected chi connectivity index (χ3v) is 4.85. The van der Waals surface area contributed by atoms with E-state index in [9.17, 15) is 0 Å². The minimum atomic E-state index is 0.287. The first kappa shape index (κ1) is 17.1. The number of nitrogens with one attached hydrogen (secondary N) is 1. The second-order valence-corrected chi connectivity index (χ2v) is 6.74. The number of hydrogen-bond donors (Lipinski definition) is 2. The van der Waals surface area contributed by atoms with E-state index >= 15 is 0 Å². The zero-order valence-corrected chi connectivity index (χ0v) is 14.8. The minimum Gasteiger partial charge on any atom is -0.383 e. The van der Waals surface area contributed by atoms with Crippen molar-refractivity contribution < 1.29 is 9.37 Å². The van der Waals surface area contributed by atoms with Gasteiger partial charge in [0, 0.05) is 32.2 Å². The zero-order valence-electron chi connectivity index (χ0n) is 14.8. The van der Waals surface area contributed by atoms with Crippen molar-refractivity contribution in [2.45, 2.75) is 44.4 Å². The summed E-state index contributed by atoms with van der Waals surface area (Å²) in [6, 6.07) is 6.17. The van der Waals surface area contributed by atoms with Crippen LogP contribution in [-0.2, 0) is 24.4 Å². The van der Waals surface area contributed by atoms with Crippen LogP contribution in [0.3, 0.4) is 0 Å². The largest absolute Gasteiger partial charge is 0.383 e. The predicted molar refractivity (Wildman–Crippen MR) is 94.2 cm³/mol. The lowest BCUT2D eigenvalue weighted by Crippen LogP contribution is -2.36. The molecule has 9 heteroatoms. The molecular weight excluding hydrogens is 334 g/mol. The Hall–Kier alpha value is -2.36. The number of hydrogen-bond acceptors (Lipinski definition) is 8. The first-order chi connectivity index (χ1) is 12.7. The molecule has 4 rings (SSSR count). The molecule has 0 bridgehead atoms. The average Bonchev–Trinajstić information content (AvgIpc) is 3.23. The van der Waals surface area contributed by atoms with E-state index in [0.29, 0.717) is 25.6 Å². The molecule has 2 heterocycles. The summed E-state index contributed by atoms with van der Waals surface area (Å²) in [4.78, 5) is 0. The molecule has 0 atom stereocenters. The number of ether oxygens (including phenoxy) is 1. The molecule has 0 saturated heterocycles. The van der Waals surface area contributed by atoms with Crippen LogP contribution in [0.4, 0.5) is 0 Å². The van der Waals surface area contributed by atoms with E-state index in [4.69, 9.17) is 15.1 Å². The monoisotopic (exact) mass is 357 g/mol. The molecule has 0 amide bonds. The molecule has 0 spiro atoms. The van der Waals surface area contributed by atoms with Gasteiger partial charge in [-0.05, 0) is 40.9 Å². The lowest BCUT2D eigenvalue weighted by Gasteiger charge is -2.31. The summed E-state index contributed by atoms with van der Waals surface area (Å²) in [5.74, 6) is 2.35. The van der Waals surface area contributed by atoms with Crippen molar-refractivity contribution >= 4 is 11.0 Å². The molecule has 9 nitrogen and oxygen atoms in total. The van der Waals surface area contributed by atoms with E-state index in [1.807, 2.05) is 18.2 Å². The lowest BCUT2D eigenvalue weighted by molar-refractivity contribution is 0.183. The molecule has 0 radical (unpaired) electrons. The van der Waals surface area contributed by atoms with Crippen molar-refractivity contribution in [3.8, 4) is 0 Å². The van der Waals surface area contributed by atoms with Crippen LogP contribution in [0.5, 0.6) is 0 Å². The first-order valence-electron chi connectivity index (χ1n) is 8.83. The second-order valence-electron chi connectivity index (χ2n) is 6.74. The van der Waals surface area contributed by atoms with Crippen LogP contribution in [0, 0.1) is 0 Å². The summed E-state index contributed by atoms with van der Waals surface area (Å²) >= 11 is 0. The van der Waals surface area contributed by atoms with E-state index < -0.39 is 0 Å². The van der Waals surface area contributed by atoms with Gasteiger partial charge in [-0.25, -0.2) is 4.63 Å². The summed E-state index contributed by atoms with van der Waals surface area (Å²) in [5, 5.41) is 19.9. The highest BCUT2D eigenvalue weighted by molar-refractivity contribution is 5.73. The molecule has 0 unspecified atom stereocenters. The molecule has 1 fully saturated rings. The van der Waals surface area contributed by atoms with Crippen molar-refractivity contribution in [1.82, 2.24) is 30.4 Å². The van der Waals surface area contributed by atoms with Crippen LogP contribution in [-0.4, -0.2) is 44.8 Å². The quantitative estimate of drug-likeness (QED) is 0.612. The van der Waals surface area contributed by atoms with Crippen LogP contribution in [0.15, 0.2) is 22.8 Å². The summed E-state index contributed by atoms with van der Waals surface area (Å²) in [6.07, 6.45) is 1.95. The number of methoxy groups -OCH3 is 1. The molecule has 1 saturated carbocycles. The third kappa shape index (κ3) is 3.46. The maximum absolute atomic E-state index is 5.93. The normalized spacial score (nSPS) is 19.8. The fourth-order valence-corrected chi connectivity index (χ4v) is 3.34. The number of fused-ring (bicyclic) bond motifs is 1. The molecule has 138 valence electrons. The summed E-state index contributed by atoms with van der Waals surface area (Å²) in [7, 11) is 1.70. The van der Waals surface area contributed by atoms with Gasteiger partial charge in [0.15, 0.2) is 0 Å². The van der Waals surface area contributed by atoms with Crippen molar-refractivity contribution in [2.75, 3.05) is 13.7 Å². The molecular formula is C17H23N7O2. The third-order valence-electron chi connectivity index (χ3n) is 4.85. The van der Waals surface area contributed by atoms with Crippen molar-refractivity contribution in [3.05, 3.63) is 35.4 Å². The Morgan fingerprint density at radius 3 is 2.88 bits per heavy atom. The fourth-order valence-electron chi connectivity index (χ4n) is 3.34. The highest BCUT2D eigenvalue weighted by Gasteiger charge is 2.32. The Morgan fingerprint density at radius 1 is 1.23 bits per heavy atom. The van der Waals surface area contributed by atoms with Gasteiger partial charge in [-0.1, -0.05) is 6.07 Å². The second kappa shape index (κ2) is 7.48. The van der Waals surface area contributed by atoms with Gasteiger partial charge in [0.25, 0.3) is 0 Å². The van der Waals surface area contributed by atoms with Crippen LogP contribution in [0.25, 0.3) is 11.0 Å². The summed E-state index contributed by atoms with van der Waals surface area (Å²) < 4.78 is 12.1. The fraction of sp³-hybridized carbons (Fsp3) is 0.529. The Bertz CT molecular complexity index is 869. The Labute approximate surface area is 150 Å². The standard InChI is InChI=1S/C17H23N7O2/c1-25-5-4-24-16(20-21-17(24)12-7-13(18)8-12)10-19-9-11-2-3-14-15(6-11)23-26-22-14/h2-3,6,12-13,19H,4-5,7-10,18H2,1H3. The van der Waals surface area contributed by atoms with E-state index in [-0.39, 0.29) is 6.04 Å².